The number of hydrogen-bond donors (Lipinski definition) is 1. The Balaban J connectivity index is 1.72. The van der Waals surface area contributed by atoms with Crippen molar-refractivity contribution in [2.45, 2.75) is 66.6 Å². The number of carboxylic acids is 1. The fourth-order valence-corrected chi connectivity index (χ4v) is 3.81. The highest BCUT2D eigenvalue weighted by Crippen LogP contribution is 2.27. The zero-order chi connectivity index (χ0) is 24.1. The minimum Gasteiger partial charge on any atom is -0.487 e. The van der Waals surface area contributed by atoms with Gasteiger partial charge in [0.15, 0.2) is 6.10 Å². The lowest BCUT2D eigenvalue weighted by atomic mass is 9.97. The second-order valence-electron chi connectivity index (χ2n) is 8.61. The van der Waals surface area contributed by atoms with Gasteiger partial charge in [0.25, 0.3) is 0 Å². The first-order valence-electron chi connectivity index (χ1n) is 11.3. The molecule has 0 radical (unpaired) electrons. The second-order valence-corrected chi connectivity index (χ2v) is 8.61. The van der Waals surface area contributed by atoms with Crippen LogP contribution in [0.25, 0.3) is 11.5 Å². The minimum absolute atomic E-state index is 0.286. The number of nitrogens with zero attached hydrogens (tertiary/aromatic N) is 1. The molecule has 0 aliphatic carbocycles. The number of aliphatic carboxylic acids is 1. The van der Waals surface area contributed by atoms with Crippen molar-refractivity contribution in [3.63, 3.8) is 0 Å². The van der Waals surface area contributed by atoms with Crippen molar-refractivity contribution < 1.29 is 23.8 Å². The molecule has 176 valence electrons. The van der Waals surface area contributed by atoms with Gasteiger partial charge in [0.1, 0.15) is 23.8 Å². The van der Waals surface area contributed by atoms with Crippen molar-refractivity contribution in [3.8, 4) is 17.2 Å². The van der Waals surface area contributed by atoms with Crippen molar-refractivity contribution in [1.29, 1.82) is 0 Å². The van der Waals surface area contributed by atoms with Crippen molar-refractivity contribution in [2.75, 3.05) is 6.61 Å². The molecular formula is C27H33NO5. The van der Waals surface area contributed by atoms with Gasteiger partial charge in [-0.25, -0.2) is 9.78 Å². The lowest BCUT2D eigenvalue weighted by molar-refractivity contribution is -0.149. The van der Waals surface area contributed by atoms with Gasteiger partial charge in [0.05, 0.1) is 0 Å². The van der Waals surface area contributed by atoms with Crippen molar-refractivity contribution in [1.82, 2.24) is 4.98 Å². The molecule has 0 saturated carbocycles. The zero-order valence-corrected chi connectivity index (χ0v) is 20.3. The van der Waals surface area contributed by atoms with E-state index in [-0.39, 0.29) is 6.61 Å². The quantitative estimate of drug-likeness (QED) is 0.407. The maximum atomic E-state index is 11.5. The average Bonchev–Trinajstić information content (AvgIpc) is 3.14. The van der Waals surface area contributed by atoms with Crippen LogP contribution in [0.3, 0.4) is 0 Å². The number of aryl methyl sites for hydroxylation is 3. The Bertz CT molecular complexity index is 1080. The summed E-state index contributed by atoms with van der Waals surface area (Å²) in [6.45, 7) is 12.6. The van der Waals surface area contributed by atoms with Gasteiger partial charge < -0.3 is 19.0 Å². The molecule has 3 aromatic rings. The highest BCUT2D eigenvalue weighted by Gasteiger charge is 2.21. The van der Waals surface area contributed by atoms with Crippen LogP contribution in [0, 0.1) is 20.8 Å². The molecule has 1 heterocycles. The second kappa shape index (κ2) is 10.7. The predicted molar refractivity (Wildman–Crippen MR) is 128 cm³/mol. The molecule has 1 aromatic heterocycles. The van der Waals surface area contributed by atoms with Crippen LogP contribution in [0.4, 0.5) is 0 Å². The molecule has 0 saturated heterocycles. The summed E-state index contributed by atoms with van der Waals surface area (Å²) in [5.74, 6) is 1.54. The molecule has 0 bridgehead atoms. The maximum Gasteiger partial charge on any atom is 0.333 e. The Labute approximate surface area is 195 Å². The Morgan fingerprint density at radius 1 is 1.09 bits per heavy atom. The largest absolute Gasteiger partial charge is 0.487 e. The van der Waals surface area contributed by atoms with E-state index in [1.54, 1.807) is 6.92 Å². The molecule has 0 fully saturated rings. The summed E-state index contributed by atoms with van der Waals surface area (Å²) in [5.41, 5.74) is 5.87. The molecule has 0 unspecified atom stereocenters. The SMILES string of the molecule is CCO[C@@H](Cc1c(C)cc(OCc2nc(-c3ccc(C(C)C)cc3)oc2C)cc1C)C(=O)O. The first-order chi connectivity index (χ1) is 15.7. The summed E-state index contributed by atoms with van der Waals surface area (Å²) < 4.78 is 17.3. The fourth-order valence-electron chi connectivity index (χ4n) is 3.81. The third-order valence-corrected chi connectivity index (χ3v) is 5.79. The molecule has 0 spiro atoms. The summed E-state index contributed by atoms with van der Waals surface area (Å²) in [7, 11) is 0. The zero-order valence-electron chi connectivity index (χ0n) is 20.3. The molecule has 6 heteroatoms. The van der Waals surface area contributed by atoms with Crippen LogP contribution in [-0.4, -0.2) is 28.8 Å². The first-order valence-corrected chi connectivity index (χ1v) is 11.3. The monoisotopic (exact) mass is 451 g/mol. The van der Waals surface area contributed by atoms with E-state index >= 15 is 0 Å². The van der Waals surface area contributed by atoms with Gasteiger partial charge in [-0.2, -0.15) is 0 Å². The van der Waals surface area contributed by atoms with Crippen LogP contribution in [-0.2, 0) is 22.6 Å². The van der Waals surface area contributed by atoms with E-state index in [2.05, 4.69) is 31.0 Å². The molecule has 1 atom stereocenters. The smallest absolute Gasteiger partial charge is 0.333 e. The van der Waals surface area contributed by atoms with Crippen molar-refractivity contribution in [2.24, 2.45) is 0 Å². The van der Waals surface area contributed by atoms with E-state index in [0.29, 0.717) is 30.6 Å². The fraction of sp³-hybridized carbons (Fsp3) is 0.407. The highest BCUT2D eigenvalue weighted by atomic mass is 16.5. The lowest BCUT2D eigenvalue weighted by Crippen LogP contribution is -2.27. The summed E-state index contributed by atoms with van der Waals surface area (Å²) in [5, 5.41) is 9.39. The van der Waals surface area contributed by atoms with Gasteiger partial charge in [0.2, 0.25) is 5.89 Å². The van der Waals surface area contributed by atoms with Crippen LogP contribution in [0.15, 0.2) is 40.8 Å². The molecule has 33 heavy (non-hydrogen) atoms. The molecule has 1 N–H and O–H groups in total. The number of carbonyl (C=O) groups is 1. The molecule has 6 nitrogen and oxygen atoms in total. The van der Waals surface area contributed by atoms with E-state index in [4.69, 9.17) is 13.9 Å². The van der Waals surface area contributed by atoms with Crippen LogP contribution < -0.4 is 4.74 Å². The molecule has 0 aliphatic heterocycles. The normalized spacial score (nSPS) is 12.2. The Morgan fingerprint density at radius 3 is 2.27 bits per heavy atom. The average molecular weight is 452 g/mol. The molecular weight excluding hydrogens is 418 g/mol. The lowest BCUT2D eigenvalue weighted by Gasteiger charge is -2.17. The van der Waals surface area contributed by atoms with Crippen LogP contribution in [0.5, 0.6) is 5.75 Å². The van der Waals surface area contributed by atoms with Crippen LogP contribution >= 0.6 is 0 Å². The molecule has 3 rings (SSSR count). The van der Waals surface area contributed by atoms with Crippen molar-refractivity contribution in [3.05, 3.63) is 70.1 Å². The van der Waals surface area contributed by atoms with E-state index in [0.717, 1.165) is 33.7 Å². The first kappa shape index (κ1) is 24.5. The third kappa shape index (κ3) is 6.02. The Hall–Kier alpha value is -3.12. The van der Waals surface area contributed by atoms with Gasteiger partial charge in [-0.3, -0.25) is 0 Å². The van der Waals surface area contributed by atoms with Crippen molar-refractivity contribution >= 4 is 5.97 Å². The minimum atomic E-state index is -0.952. The molecule has 2 aromatic carbocycles. The third-order valence-electron chi connectivity index (χ3n) is 5.79. The number of ether oxygens (including phenoxy) is 2. The number of carboxylic acid groups (broad SMARTS) is 1. The van der Waals surface area contributed by atoms with Gasteiger partial charge >= 0.3 is 5.97 Å². The number of benzene rings is 2. The number of aromatic nitrogens is 1. The topological polar surface area (TPSA) is 81.8 Å². The van der Waals surface area contributed by atoms with Crippen LogP contribution in [0.1, 0.15) is 60.4 Å². The number of rotatable bonds is 10. The summed E-state index contributed by atoms with van der Waals surface area (Å²) >= 11 is 0. The summed E-state index contributed by atoms with van der Waals surface area (Å²) in [6, 6.07) is 12.1. The number of hydrogen-bond acceptors (Lipinski definition) is 5. The van der Waals surface area contributed by atoms with E-state index in [9.17, 15) is 9.90 Å². The van der Waals surface area contributed by atoms with Gasteiger partial charge in [-0.05, 0) is 80.1 Å². The maximum absolute atomic E-state index is 11.5. The Kier molecular flexibility index (Phi) is 7.92. The number of oxazole rings is 1. The van der Waals surface area contributed by atoms with E-state index in [1.165, 1.54) is 5.56 Å². The predicted octanol–water partition coefficient (Wildman–Crippen LogP) is 6.00. The van der Waals surface area contributed by atoms with Gasteiger partial charge in [-0.15, -0.1) is 0 Å². The van der Waals surface area contributed by atoms with E-state index < -0.39 is 12.1 Å². The van der Waals surface area contributed by atoms with Crippen LogP contribution in [0.2, 0.25) is 0 Å². The molecule has 0 aliphatic rings. The van der Waals surface area contributed by atoms with E-state index in [1.807, 2.05) is 45.0 Å². The molecule has 0 amide bonds. The van der Waals surface area contributed by atoms with Gasteiger partial charge in [-0.1, -0.05) is 26.0 Å². The Morgan fingerprint density at radius 2 is 1.73 bits per heavy atom. The summed E-state index contributed by atoms with van der Waals surface area (Å²) in [6.07, 6.45) is -0.535. The van der Waals surface area contributed by atoms with Gasteiger partial charge in [0, 0.05) is 18.6 Å². The highest BCUT2D eigenvalue weighted by molar-refractivity contribution is 5.73. The standard InChI is InChI=1S/C27H33NO5/c1-7-31-25(27(29)30)14-23-17(4)12-22(13-18(23)5)32-15-24-19(6)33-26(28-24)21-10-8-20(9-11-21)16(2)3/h8-13,16,25H,7,14-15H2,1-6H3,(H,29,30)/t25-/m0/s1. The summed E-state index contributed by atoms with van der Waals surface area (Å²) in [4.78, 5) is 16.1.